The van der Waals surface area contributed by atoms with E-state index in [1.807, 2.05) is 0 Å². The van der Waals surface area contributed by atoms with E-state index >= 15 is 0 Å². The van der Waals surface area contributed by atoms with Gasteiger partial charge in [-0.05, 0) is 19.1 Å². The summed E-state index contributed by atoms with van der Waals surface area (Å²) in [5.74, 6) is -0.725. The van der Waals surface area contributed by atoms with E-state index in [4.69, 9.17) is 14.7 Å². The third kappa shape index (κ3) is 3.95. The van der Waals surface area contributed by atoms with Crippen molar-refractivity contribution in [2.24, 2.45) is 0 Å². The Labute approximate surface area is 152 Å². The molecule has 2 aromatic rings. The Balaban J connectivity index is 1.68. The minimum Gasteiger partial charge on any atom is -0.394 e. The fourth-order valence-corrected chi connectivity index (χ4v) is 2.60. The third-order valence-corrected chi connectivity index (χ3v) is 4.00. The Hall–Kier alpha value is -2.86. The predicted molar refractivity (Wildman–Crippen MR) is 89.5 cm³/mol. The number of hydrogen-bond acceptors (Lipinski definition) is 10. The molecule has 3 rings (SSSR count). The van der Waals surface area contributed by atoms with Crippen LogP contribution in [0.3, 0.4) is 0 Å². The summed E-state index contributed by atoms with van der Waals surface area (Å²) in [4.78, 5) is 36.6. The van der Waals surface area contributed by atoms with Gasteiger partial charge in [0.05, 0.1) is 12.2 Å². The van der Waals surface area contributed by atoms with Crippen LogP contribution in [-0.4, -0.2) is 60.7 Å². The molecular formula is C16H18N4O7. The standard InChI is InChI=1S/C16H18N4O7/c1-8-6-9(2-4-17-8)15(24)27-19-11-3-5-20(16(25)18-11)14-13(23)12(22)10(7-21)26-14/h2-6,10,12-14,21-23H,7H2,1H3,(H,18,19,25)/t10-,12-,13-,14-/m1/s1. The molecule has 1 fully saturated rings. The summed E-state index contributed by atoms with van der Waals surface area (Å²) in [5, 5.41) is 28.8. The lowest BCUT2D eigenvalue weighted by Crippen LogP contribution is -2.36. The number of aryl methyl sites for hydroxylation is 1. The van der Waals surface area contributed by atoms with Gasteiger partial charge in [0.15, 0.2) is 12.0 Å². The smallest absolute Gasteiger partial charge is 0.363 e. The predicted octanol–water partition coefficient (Wildman–Crippen LogP) is -1.26. The quantitative estimate of drug-likeness (QED) is 0.463. The lowest BCUT2D eigenvalue weighted by molar-refractivity contribution is -0.0549. The molecule has 4 N–H and O–H groups in total. The number of rotatable bonds is 5. The number of ether oxygens (including phenoxy) is 1. The molecule has 11 nitrogen and oxygen atoms in total. The Kier molecular flexibility index (Phi) is 5.46. The Morgan fingerprint density at radius 1 is 1.37 bits per heavy atom. The molecule has 1 aliphatic heterocycles. The zero-order valence-corrected chi connectivity index (χ0v) is 14.2. The Morgan fingerprint density at radius 3 is 2.78 bits per heavy atom. The number of carbonyl (C=O) groups excluding carboxylic acids is 1. The summed E-state index contributed by atoms with van der Waals surface area (Å²) >= 11 is 0. The lowest BCUT2D eigenvalue weighted by Gasteiger charge is -2.17. The van der Waals surface area contributed by atoms with Crippen molar-refractivity contribution in [1.82, 2.24) is 14.5 Å². The number of aromatic nitrogens is 3. The first-order valence-corrected chi connectivity index (χ1v) is 8.02. The van der Waals surface area contributed by atoms with E-state index in [-0.39, 0.29) is 11.4 Å². The maximum Gasteiger partial charge on any atom is 0.363 e. The normalized spacial score (nSPS) is 24.6. The van der Waals surface area contributed by atoms with Gasteiger partial charge in [0.25, 0.3) is 0 Å². The highest BCUT2D eigenvalue weighted by atomic mass is 16.7. The van der Waals surface area contributed by atoms with Gasteiger partial charge in [-0.3, -0.25) is 9.55 Å². The van der Waals surface area contributed by atoms with Gasteiger partial charge in [-0.25, -0.2) is 9.59 Å². The fourth-order valence-electron chi connectivity index (χ4n) is 2.60. The summed E-state index contributed by atoms with van der Waals surface area (Å²) in [6, 6.07) is 4.34. The number of aliphatic hydroxyl groups excluding tert-OH is 3. The van der Waals surface area contributed by atoms with Crippen molar-refractivity contribution in [3.8, 4) is 0 Å². The van der Waals surface area contributed by atoms with Gasteiger partial charge in [0.1, 0.15) is 18.3 Å². The molecule has 1 aliphatic rings. The van der Waals surface area contributed by atoms with Crippen molar-refractivity contribution in [3.05, 3.63) is 52.3 Å². The average Bonchev–Trinajstić information content (AvgIpc) is 2.94. The number of anilines is 1. The molecule has 4 atom stereocenters. The van der Waals surface area contributed by atoms with E-state index in [1.165, 1.54) is 30.6 Å². The monoisotopic (exact) mass is 378 g/mol. The van der Waals surface area contributed by atoms with Crippen LogP contribution in [0.5, 0.6) is 0 Å². The molecular weight excluding hydrogens is 360 g/mol. The number of aliphatic hydroxyl groups is 3. The van der Waals surface area contributed by atoms with Crippen LogP contribution in [0, 0.1) is 6.92 Å². The molecule has 11 heteroatoms. The maximum atomic E-state index is 12.2. The van der Waals surface area contributed by atoms with Gasteiger partial charge in [-0.1, -0.05) is 0 Å². The minimum absolute atomic E-state index is 0.0397. The highest BCUT2D eigenvalue weighted by Crippen LogP contribution is 2.28. The Morgan fingerprint density at radius 2 is 2.15 bits per heavy atom. The van der Waals surface area contributed by atoms with E-state index in [2.05, 4.69) is 15.4 Å². The van der Waals surface area contributed by atoms with Crippen LogP contribution in [0.4, 0.5) is 5.82 Å². The summed E-state index contributed by atoms with van der Waals surface area (Å²) in [7, 11) is 0. The largest absolute Gasteiger partial charge is 0.394 e. The second kappa shape index (κ2) is 7.80. The molecule has 3 heterocycles. The maximum absolute atomic E-state index is 12.2. The van der Waals surface area contributed by atoms with Gasteiger partial charge in [-0.2, -0.15) is 10.5 Å². The zero-order chi connectivity index (χ0) is 19.6. The highest BCUT2D eigenvalue weighted by Gasteiger charge is 2.43. The van der Waals surface area contributed by atoms with Crippen molar-refractivity contribution in [1.29, 1.82) is 0 Å². The molecule has 0 aromatic carbocycles. The molecule has 0 amide bonds. The number of nitrogens with zero attached hydrogens (tertiary/aromatic N) is 3. The summed E-state index contributed by atoms with van der Waals surface area (Å²) in [6.07, 6.45) is -2.25. The molecule has 27 heavy (non-hydrogen) atoms. The topological polar surface area (TPSA) is 156 Å². The summed E-state index contributed by atoms with van der Waals surface area (Å²) in [5.41, 5.74) is 2.37. The molecule has 0 radical (unpaired) electrons. The van der Waals surface area contributed by atoms with E-state index in [9.17, 15) is 19.8 Å². The SMILES string of the molecule is Cc1cc(C(=O)ONc2ccn([C@@H]3O[C@H](CO)[C@@H](O)[C@H]3O)c(=O)n2)ccn1. The van der Waals surface area contributed by atoms with E-state index in [0.717, 1.165) is 4.57 Å². The number of nitrogens with one attached hydrogen (secondary N) is 1. The lowest BCUT2D eigenvalue weighted by atomic mass is 10.1. The third-order valence-electron chi connectivity index (χ3n) is 4.00. The van der Waals surface area contributed by atoms with E-state index < -0.39 is 42.8 Å². The molecule has 0 saturated carbocycles. The summed E-state index contributed by atoms with van der Waals surface area (Å²) in [6.45, 7) is 1.21. The van der Waals surface area contributed by atoms with Crippen LogP contribution in [0.25, 0.3) is 0 Å². The highest BCUT2D eigenvalue weighted by molar-refractivity contribution is 5.89. The molecule has 0 unspecified atom stereocenters. The number of pyridine rings is 1. The van der Waals surface area contributed by atoms with E-state index in [0.29, 0.717) is 5.69 Å². The van der Waals surface area contributed by atoms with Crippen LogP contribution in [0.15, 0.2) is 35.4 Å². The molecule has 0 bridgehead atoms. The van der Waals surface area contributed by atoms with Gasteiger partial charge in [0.2, 0.25) is 0 Å². The molecule has 144 valence electrons. The van der Waals surface area contributed by atoms with Gasteiger partial charge in [-0.15, -0.1) is 0 Å². The molecule has 1 saturated heterocycles. The fraction of sp³-hybridized carbons (Fsp3) is 0.375. The molecule has 2 aromatic heterocycles. The van der Waals surface area contributed by atoms with Crippen LogP contribution in [0.1, 0.15) is 22.3 Å². The first-order chi connectivity index (χ1) is 12.9. The molecule has 0 spiro atoms. The first-order valence-electron chi connectivity index (χ1n) is 8.02. The van der Waals surface area contributed by atoms with Crippen molar-refractivity contribution >= 4 is 11.8 Å². The van der Waals surface area contributed by atoms with E-state index in [1.54, 1.807) is 6.92 Å². The van der Waals surface area contributed by atoms with Crippen molar-refractivity contribution in [3.63, 3.8) is 0 Å². The second-order valence-corrected chi connectivity index (χ2v) is 5.91. The number of hydrogen-bond donors (Lipinski definition) is 4. The Bertz CT molecular complexity index is 887. The summed E-state index contributed by atoms with van der Waals surface area (Å²) < 4.78 is 6.23. The van der Waals surface area contributed by atoms with Crippen LogP contribution >= 0.6 is 0 Å². The zero-order valence-electron chi connectivity index (χ0n) is 14.2. The van der Waals surface area contributed by atoms with Gasteiger partial charge >= 0.3 is 11.7 Å². The van der Waals surface area contributed by atoms with Gasteiger partial charge < -0.3 is 24.9 Å². The second-order valence-electron chi connectivity index (χ2n) is 5.91. The van der Waals surface area contributed by atoms with Gasteiger partial charge in [0, 0.05) is 24.2 Å². The molecule has 0 aliphatic carbocycles. The average molecular weight is 378 g/mol. The van der Waals surface area contributed by atoms with Crippen LogP contribution < -0.4 is 11.2 Å². The van der Waals surface area contributed by atoms with Crippen LogP contribution in [0.2, 0.25) is 0 Å². The van der Waals surface area contributed by atoms with Crippen LogP contribution in [-0.2, 0) is 9.57 Å². The first kappa shape index (κ1) is 18.9. The minimum atomic E-state index is -1.41. The van der Waals surface area contributed by atoms with Crippen molar-refractivity contribution in [2.45, 2.75) is 31.5 Å². The van der Waals surface area contributed by atoms with Crippen molar-refractivity contribution < 1.29 is 29.7 Å². The number of carbonyl (C=O) groups is 1. The van der Waals surface area contributed by atoms with Crippen molar-refractivity contribution in [2.75, 3.05) is 12.1 Å².